The van der Waals surface area contributed by atoms with E-state index >= 15 is 0 Å². The summed E-state index contributed by atoms with van der Waals surface area (Å²) in [6.07, 6.45) is 10.5. The van der Waals surface area contributed by atoms with Gasteiger partial charge in [0.1, 0.15) is 17.6 Å². The number of imidazole rings is 2. The summed E-state index contributed by atoms with van der Waals surface area (Å²) in [5.74, 6) is 0. The van der Waals surface area contributed by atoms with E-state index in [0.717, 1.165) is 88.6 Å². The first-order valence-electron chi connectivity index (χ1n) is 22.1. The number of ether oxygens (including phenoxy) is 1. The smallest absolute Gasteiger partial charge is 0.407 e. The van der Waals surface area contributed by atoms with Crippen LogP contribution in [0.3, 0.4) is 0 Å². The van der Waals surface area contributed by atoms with E-state index in [4.69, 9.17) is 25.2 Å². The third kappa shape index (κ3) is 8.25. The number of pyridine rings is 2. The number of benzene rings is 3. The number of para-hydroxylation sites is 4. The number of carbonyl (C=O) groups is 1. The number of alkyl carbamates (subject to hydrolysis) is 1. The Balaban J connectivity index is 0.000000119. The number of halogens is 1. The average molecular weight is 893 g/mol. The van der Waals surface area contributed by atoms with Gasteiger partial charge in [-0.3, -0.25) is 18.3 Å². The van der Waals surface area contributed by atoms with Gasteiger partial charge < -0.3 is 24.2 Å². The fourth-order valence-electron chi connectivity index (χ4n) is 8.89. The van der Waals surface area contributed by atoms with E-state index in [0.29, 0.717) is 30.9 Å². The van der Waals surface area contributed by atoms with Gasteiger partial charge in [-0.05, 0) is 117 Å². The molecule has 0 aliphatic heterocycles. The Hall–Kier alpha value is -7.20. The highest BCUT2D eigenvalue weighted by atomic mass is 35.5. The lowest BCUT2D eigenvalue weighted by molar-refractivity contribution is 0.122. The minimum absolute atomic E-state index is 0.0169. The molecule has 0 spiro atoms. The summed E-state index contributed by atoms with van der Waals surface area (Å²) >= 11 is 5.51. The zero-order valence-electron chi connectivity index (χ0n) is 35.2. The van der Waals surface area contributed by atoms with Crippen LogP contribution in [0.1, 0.15) is 81.1 Å². The molecule has 9 aromatic rings. The van der Waals surface area contributed by atoms with E-state index < -0.39 is 6.09 Å². The van der Waals surface area contributed by atoms with Crippen molar-refractivity contribution in [1.82, 2.24) is 43.5 Å². The summed E-state index contributed by atoms with van der Waals surface area (Å²) in [6, 6.07) is 34.2. The van der Waals surface area contributed by atoms with Crippen molar-refractivity contribution in [3.63, 3.8) is 0 Å². The molecule has 4 fully saturated rings. The van der Waals surface area contributed by atoms with Gasteiger partial charge >= 0.3 is 17.5 Å². The fraction of sp³-hybridized carbons (Fsp3) is 0.312. The van der Waals surface area contributed by atoms with Crippen molar-refractivity contribution in [2.45, 2.75) is 94.2 Å². The van der Waals surface area contributed by atoms with Crippen LogP contribution in [0.25, 0.3) is 44.5 Å². The third-order valence-electron chi connectivity index (χ3n) is 12.5. The first-order chi connectivity index (χ1) is 31.8. The van der Waals surface area contributed by atoms with E-state index in [1.165, 1.54) is 0 Å². The van der Waals surface area contributed by atoms with Gasteiger partial charge in [-0.25, -0.2) is 24.4 Å². The summed E-state index contributed by atoms with van der Waals surface area (Å²) < 4.78 is 23.6. The number of nitrogens with one attached hydrogen (secondary N) is 2. The molecule has 65 heavy (non-hydrogen) atoms. The van der Waals surface area contributed by atoms with Gasteiger partial charge in [0.05, 0.1) is 11.0 Å². The number of anilines is 1. The molecule has 6 aromatic heterocycles. The van der Waals surface area contributed by atoms with E-state index in [-0.39, 0.29) is 47.5 Å². The molecule has 16 nitrogen and oxygen atoms in total. The molecule has 6 heterocycles. The zero-order chi connectivity index (χ0) is 44.0. The number of fused-ring (bicyclic) bond motifs is 4. The second-order valence-corrected chi connectivity index (χ2v) is 17.4. The van der Waals surface area contributed by atoms with Crippen LogP contribution in [0.4, 0.5) is 10.8 Å². The molecule has 13 rings (SSSR count). The fourth-order valence-corrected chi connectivity index (χ4v) is 9.06. The Morgan fingerprint density at radius 2 is 1.14 bits per heavy atom. The quantitative estimate of drug-likeness (QED) is 0.141. The van der Waals surface area contributed by atoms with Crippen LogP contribution in [0.5, 0.6) is 0 Å². The highest BCUT2D eigenvalue weighted by molar-refractivity contribution is 6.28. The molecule has 3 aromatic carbocycles. The molecular weight excluding hydrogens is 848 g/mol. The largest absolute Gasteiger partial charge is 0.445 e. The number of carbonyl (C=O) groups excluding carboxylic acids is 1. The third-order valence-corrected chi connectivity index (χ3v) is 12.7. The second kappa shape index (κ2) is 17.1. The number of hydrogen-bond acceptors (Lipinski definition) is 11. The topological polar surface area (TPSA) is 182 Å². The molecule has 0 radical (unpaired) electrons. The molecule has 0 saturated heterocycles. The van der Waals surface area contributed by atoms with Crippen LogP contribution in [0.15, 0.2) is 134 Å². The van der Waals surface area contributed by atoms with Crippen LogP contribution in [0, 0.1) is 0 Å². The summed E-state index contributed by atoms with van der Waals surface area (Å²) in [6.45, 7) is 0.251. The lowest BCUT2D eigenvalue weighted by Crippen LogP contribution is -2.47. The van der Waals surface area contributed by atoms with Crippen molar-refractivity contribution in [3.05, 3.63) is 147 Å². The maximum atomic E-state index is 13.0. The number of oxazole rings is 2. The van der Waals surface area contributed by atoms with Gasteiger partial charge in [-0.15, -0.1) is 0 Å². The van der Waals surface area contributed by atoms with Gasteiger partial charge in [-0.1, -0.05) is 54.6 Å². The van der Waals surface area contributed by atoms with Crippen LogP contribution >= 0.6 is 11.6 Å². The molecule has 17 heteroatoms. The predicted octanol–water partition coefficient (Wildman–Crippen LogP) is 9.13. The molecule has 2 N–H and O–H groups in total. The number of aromatic nitrogens is 8. The van der Waals surface area contributed by atoms with Crippen molar-refractivity contribution in [2.75, 3.05) is 5.32 Å². The van der Waals surface area contributed by atoms with E-state index in [2.05, 4.69) is 30.6 Å². The van der Waals surface area contributed by atoms with Crippen molar-refractivity contribution in [3.8, 4) is 0 Å². The standard InChI is InChI=1S/C21H22N4O3.C20H19N5O2.C7H4ClNO/c26-20(28-13-14-5-2-1-3-6-14)23-15-11-17(12-15)25-19-18(7-4-10-22-19)24(21(25)27)16-8-9-16;26-20-24(13-7-8-13)16-5-3-9-21-18(16)25(20)14-10-12(11-14)22-19-23-15-4-1-2-6-17(15)27-19;8-7-9-5-3-1-2-4-6(5)10-7/h1-7,10,15-17H,8-9,11-13H2,(H,23,26);1-6,9,12-14H,7-8,10-11H2,(H,22,23);1-4H. The van der Waals surface area contributed by atoms with Gasteiger partial charge in [0.25, 0.3) is 11.4 Å². The second-order valence-electron chi connectivity index (χ2n) is 17.1. The lowest BCUT2D eigenvalue weighted by Gasteiger charge is -2.35. The average Bonchev–Trinajstić information content (AvgIpc) is 4.19. The minimum atomic E-state index is -0.418. The van der Waals surface area contributed by atoms with Gasteiger partial charge in [0.15, 0.2) is 22.5 Å². The highest BCUT2D eigenvalue weighted by Gasteiger charge is 2.38. The monoisotopic (exact) mass is 892 g/mol. The van der Waals surface area contributed by atoms with Gasteiger partial charge in [0.2, 0.25) is 0 Å². The van der Waals surface area contributed by atoms with E-state index in [1.54, 1.807) is 17.0 Å². The Labute approximate surface area is 375 Å². The summed E-state index contributed by atoms with van der Waals surface area (Å²) in [5, 5.41) is 6.44. The van der Waals surface area contributed by atoms with Crippen molar-refractivity contribution >= 4 is 68.2 Å². The number of rotatable bonds is 9. The predicted molar refractivity (Wildman–Crippen MR) is 245 cm³/mol. The molecule has 4 aliphatic rings. The number of nitrogens with zero attached hydrogens (tertiary/aromatic N) is 8. The van der Waals surface area contributed by atoms with Crippen LogP contribution in [0.2, 0.25) is 5.35 Å². The zero-order valence-corrected chi connectivity index (χ0v) is 36.0. The molecule has 1 amide bonds. The summed E-state index contributed by atoms with van der Waals surface area (Å²) in [5.41, 5.74) is 7.63. The Kier molecular flexibility index (Phi) is 10.7. The first-order valence-corrected chi connectivity index (χ1v) is 22.5. The molecule has 4 aliphatic carbocycles. The molecule has 330 valence electrons. The van der Waals surface area contributed by atoms with E-state index in [9.17, 15) is 14.4 Å². The summed E-state index contributed by atoms with van der Waals surface area (Å²) in [4.78, 5) is 55.4. The van der Waals surface area contributed by atoms with Crippen molar-refractivity contribution in [2.24, 2.45) is 0 Å². The Bertz CT molecular complexity index is 3210. The Morgan fingerprint density at radius 1 is 0.615 bits per heavy atom. The molecule has 0 atom stereocenters. The van der Waals surface area contributed by atoms with Crippen molar-refractivity contribution in [1.29, 1.82) is 0 Å². The number of hydrogen-bond donors (Lipinski definition) is 2. The van der Waals surface area contributed by atoms with Crippen molar-refractivity contribution < 1.29 is 18.4 Å². The number of amides is 1. The van der Waals surface area contributed by atoms with Gasteiger partial charge in [-0.2, -0.15) is 9.97 Å². The molecule has 0 unspecified atom stereocenters. The van der Waals surface area contributed by atoms with Gasteiger partial charge in [0, 0.05) is 48.6 Å². The van der Waals surface area contributed by atoms with Crippen LogP contribution < -0.4 is 22.0 Å². The van der Waals surface area contributed by atoms with Crippen LogP contribution in [-0.4, -0.2) is 56.4 Å². The SMILES string of the molecule is Clc1nc2ccccc2o1.O=C(NC1CC(n2c(=O)n(C3CC3)c3cccnc32)C1)OCc1ccccc1.O=c1n(C2CC2)c2cccnc2n1C1CC(Nc2nc3ccccc3o2)C1. The van der Waals surface area contributed by atoms with E-state index in [1.807, 2.05) is 117 Å². The minimum Gasteiger partial charge on any atom is -0.445 e. The maximum Gasteiger partial charge on any atom is 0.407 e. The summed E-state index contributed by atoms with van der Waals surface area (Å²) in [7, 11) is 0. The van der Waals surface area contributed by atoms with Crippen LogP contribution in [-0.2, 0) is 11.3 Å². The lowest BCUT2D eigenvalue weighted by atomic mass is 9.86. The highest BCUT2D eigenvalue weighted by Crippen LogP contribution is 2.40. The first kappa shape index (κ1) is 40.6. The Morgan fingerprint density at radius 3 is 1.69 bits per heavy atom. The molecule has 0 bridgehead atoms. The normalized spacial score (nSPS) is 20.0. The molecule has 4 saturated carbocycles. The molecular formula is C48H45ClN10O6. The maximum absolute atomic E-state index is 13.0.